The van der Waals surface area contributed by atoms with Crippen molar-refractivity contribution in [2.75, 3.05) is 5.01 Å². The van der Waals surface area contributed by atoms with E-state index in [9.17, 15) is 0 Å². The van der Waals surface area contributed by atoms with Crippen molar-refractivity contribution in [1.82, 2.24) is 0 Å². The molecule has 0 N–H and O–H groups in total. The molecule has 0 aromatic heterocycles. The molecular weight excluding hydrogens is 384 g/mol. The highest BCUT2D eigenvalue weighted by Crippen LogP contribution is 2.25. The maximum Gasteiger partial charge on any atom is 0.0652 e. The van der Waals surface area contributed by atoms with Crippen molar-refractivity contribution < 1.29 is 0 Å². The first-order chi connectivity index (χ1) is 12.8. The Balaban J connectivity index is 1.81. The molecule has 1 unspecified atom stereocenters. The summed E-state index contributed by atoms with van der Waals surface area (Å²) in [6.45, 7) is 3.78. The van der Waals surface area contributed by atoms with Crippen molar-refractivity contribution in [2.45, 2.75) is 49.8 Å². The molecule has 2 aromatic rings. The largest absolute Gasteiger partial charge is 0.234 e. The lowest BCUT2D eigenvalue weighted by Crippen LogP contribution is -2.08. The Hall–Kier alpha value is -1.87. The summed E-state index contributed by atoms with van der Waals surface area (Å²) < 4.78 is 0. The molecule has 2 rings (SSSR count). The molecule has 0 aliphatic rings. The molecule has 0 heterocycles. The highest BCUT2D eigenvalue weighted by atomic mass is 79.9. The van der Waals surface area contributed by atoms with Crippen molar-refractivity contribution in [1.29, 1.82) is 0 Å². The maximum absolute atomic E-state index is 4.73. The van der Waals surface area contributed by atoms with Crippen LogP contribution in [0.1, 0.15) is 44.9 Å². The van der Waals surface area contributed by atoms with E-state index in [1.807, 2.05) is 53.7 Å². The molecule has 0 saturated heterocycles. The Morgan fingerprint density at radius 1 is 0.846 bits per heavy atom. The van der Waals surface area contributed by atoms with Gasteiger partial charge < -0.3 is 0 Å². The average Bonchev–Trinajstić information content (AvgIpc) is 2.69. The van der Waals surface area contributed by atoms with Gasteiger partial charge in [0, 0.05) is 11.0 Å². The summed E-state index contributed by atoms with van der Waals surface area (Å²) in [5.41, 5.74) is 2.16. The summed E-state index contributed by atoms with van der Waals surface area (Å²) in [4.78, 5) is 0.629. The second-order valence-electron chi connectivity index (χ2n) is 6.38. The van der Waals surface area contributed by atoms with E-state index in [1.54, 1.807) is 0 Å². The lowest BCUT2D eigenvalue weighted by atomic mass is 10.1. The number of allylic oxidation sites excluding steroid dienone is 1. The van der Waals surface area contributed by atoms with E-state index in [0.29, 0.717) is 4.83 Å². The van der Waals surface area contributed by atoms with E-state index < -0.39 is 0 Å². The van der Waals surface area contributed by atoms with Crippen LogP contribution in [0.3, 0.4) is 0 Å². The fourth-order valence-corrected chi connectivity index (χ4v) is 3.44. The normalized spacial score (nSPS) is 12.2. The number of unbranched alkanes of at least 4 members (excludes halogenated alkanes) is 3. The third kappa shape index (κ3) is 7.57. The average molecular weight is 413 g/mol. The predicted molar refractivity (Wildman–Crippen MR) is 119 cm³/mol. The maximum atomic E-state index is 4.73. The summed E-state index contributed by atoms with van der Waals surface area (Å²) in [7, 11) is 0. The molecule has 0 radical (unpaired) electrons. The number of para-hydroxylation sites is 2. The molecule has 1 atom stereocenters. The quantitative estimate of drug-likeness (QED) is 0.116. The molecule has 0 fully saturated rings. The number of halogens is 1. The predicted octanol–water partition coefficient (Wildman–Crippen LogP) is 7.49. The highest BCUT2D eigenvalue weighted by molar-refractivity contribution is 9.09. The van der Waals surface area contributed by atoms with Crippen molar-refractivity contribution in [3.63, 3.8) is 0 Å². The highest BCUT2D eigenvalue weighted by Gasteiger charge is 2.06. The van der Waals surface area contributed by atoms with Crippen LogP contribution in [0, 0.1) is 0 Å². The van der Waals surface area contributed by atoms with Gasteiger partial charge in [-0.05, 0) is 62.8 Å². The van der Waals surface area contributed by atoms with Crippen LogP contribution in [0.25, 0.3) is 0 Å². The van der Waals surface area contributed by atoms with Crippen LogP contribution in [-0.4, -0.2) is 11.0 Å². The Morgan fingerprint density at radius 2 is 1.42 bits per heavy atom. The van der Waals surface area contributed by atoms with E-state index in [1.165, 1.54) is 32.1 Å². The lowest BCUT2D eigenvalue weighted by Gasteiger charge is -2.19. The first kappa shape index (κ1) is 20.4. The van der Waals surface area contributed by atoms with E-state index >= 15 is 0 Å². The number of hydrogen-bond acceptors (Lipinski definition) is 2. The van der Waals surface area contributed by atoms with Crippen LogP contribution in [0.4, 0.5) is 11.4 Å². The fraction of sp³-hybridized carbons (Fsp3) is 0.348. The molecule has 0 aliphatic heterocycles. The van der Waals surface area contributed by atoms with Gasteiger partial charge in [-0.1, -0.05) is 64.8 Å². The second-order valence-corrected chi connectivity index (χ2v) is 7.68. The van der Waals surface area contributed by atoms with Crippen LogP contribution >= 0.6 is 15.9 Å². The smallest absolute Gasteiger partial charge is 0.0652 e. The first-order valence-electron chi connectivity index (χ1n) is 9.49. The Morgan fingerprint density at radius 3 is 2.00 bits per heavy atom. The molecule has 0 bridgehead atoms. The van der Waals surface area contributed by atoms with Gasteiger partial charge in [0.1, 0.15) is 0 Å². The van der Waals surface area contributed by atoms with Crippen LogP contribution in [0.15, 0.2) is 78.4 Å². The van der Waals surface area contributed by atoms with Gasteiger partial charge in [-0.25, -0.2) is 5.01 Å². The number of hydrogen-bond donors (Lipinski definition) is 0. The summed E-state index contributed by atoms with van der Waals surface area (Å²) in [5.74, 6) is 0. The topological polar surface area (TPSA) is 15.6 Å². The van der Waals surface area contributed by atoms with Crippen molar-refractivity contribution in [2.24, 2.45) is 5.10 Å². The summed E-state index contributed by atoms with van der Waals surface area (Å²) in [6, 6.07) is 20.6. The number of benzene rings is 2. The summed E-state index contributed by atoms with van der Waals surface area (Å²) >= 11 is 3.79. The minimum absolute atomic E-state index is 0.629. The van der Waals surface area contributed by atoms with E-state index in [4.69, 9.17) is 5.10 Å². The van der Waals surface area contributed by atoms with Gasteiger partial charge in [-0.2, -0.15) is 5.10 Å². The van der Waals surface area contributed by atoms with Gasteiger partial charge in [0.15, 0.2) is 0 Å². The van der Waals surface area contributed by atoms with Crippen LogP contribution in [0.5, 0.6) is 0 Å². The standard InChI is InChI=1S/C23H29BrN2/c1-2-3-7-14-21(24)15-8-6-13-20-25-26(22-16-9-4-10-17-22)23-18-11-5-12-19-23/h2,4-5,9-12,16-21H,1,3,6-8,13-15H2/b25-20+. The van der Waals surface area contributed by atoms with Gasteiger partial charge >= 0.3 is 0 Å². The number of alkyl halides is 1. The number of nitrogens with zero attached hydrogens (tertiary/aromatic N) is 2. The Labute approximate surface area is 166 Å². The van der Waals surface area contributed by atoms with Crippen molar-refractivity contribution >= 4 is 33.5 Å². The molecule has 0 amide bonds. The molecule has 3 heteroatoms. The van der Waals surface area contributed by atoms with Gasteiger partial charge in [0.05, 0.1) is 11.4 Å². The number of hydrazone groups is 1. The van der Waals surface area contributed by atoms with Gasteiger partial charge in [-0.3, -0.25) is 0 Å². The van der Waals surface area contributed by atoms with Gasteiger partial charge in [-0.15, -0.1) is 6.58 Å². The van der Waals surface area contributed by atoms with E-state index in [0.717, 1.165) is 24.2 Å². The number of anilines is 2. The molecule has 0 aliphatic carbocycles. The molecular formula is C23H29BrN2. The lowest BCUT2D eigenvalue weighted by molar-refractivity contribution is 0.625. The number of rotatable bonds is 12. The second kappa shape index (κ2) is 12.5. The molecule has 0 saturated carbocycles. The molecule has 138 valence electrons. The van der Waals surface area contributed by atoms with E-state index in [2.05, 4.69) is 46.8 Å². The van der Waals surface area contributed by atoms with Crippen LogP contribution < -0.4 is 5.01 Å². The molecule has 0 spiro atoms. The van der Waals surface area contributed by atoms with Crippen LogP contribution in [0.2, 0.25) is 0 Å². The first-order valence-corrected chi connectivity index (χ1v) is 10.4. The summed E-state index contributed by atoms with van der Waals surface area (Å²) in [6.07, 6.45) is 12.2. The van der Waals surface area contributed by atoms with Gasteiger partial charge in [0.2, 0.25) is 0 Å². The minimum Gasteiger partial charge on any atom is -0.234 e. The van der Waals surface area contributed by atoms with Crippen molar-refractivity contribution in [3.05, 3.63) is 73.3 Å². The zero-order chi connectivity index (χ0) is 18.5. The summed E-state index contributed by atoms with van der Waals surface area (Å²) in [5, 5.41) is 6.73. The van der Waals surface area contributed by atoms with Crippen molar-refractivity contribution in [3.8, 4) is 0 Å². The zero-order valence-corrected chi connectivity index (χ0v) is 17.0. The van der Waals surface area contributed by atoms with Gasteiger partial charge in [0.25, 0.3) is 0 Å². The third-order valence-electron chi connectivity index (χ3n) is 4.22. The molecule has 2 nitrogen and oxygen atoms in total. The fourth-order valence-electron chi connectivity index (χ4n) is 2.79. The molecule has 26 heavy (non-hydrogen) atoms. The Kier molecular flexibility index (Phi) is 9.81. The van der Waals surface area contributed by atoms with E-state index in [-0.39, 0.29) is 0 Å². The molecule has 2 aromatic carbocycles. The Bertz CT molecular complexity index is 600. The van der Waals surface area contributed by atoms with Crippen LogP contribution in [-0.2, 0) is 0 Å². The minimum atomic E-state index is 0.629. The third-order valence-corrected chi connectivity index (χ3v) is 5.14. The monoisotopic (exact) mass is 412 g/mol. The SMILES string of the molecule is C=CCCCC(Br)CCCC/C=N/N(c1ccccc1)c1ccccc1. The zero-order valence-electron chi connectivity index (χ0n) is 15.4.